The van der Waals surface area contributed by atoms with Crippen molar-refractivity contribution in [1.82, 2.24) is 4.90 Å². The van der Waals surface area contributed by atoms with Crippen molar-refractivity contribution in [2.75, 3.05) is 13.1 Å². The molecule has 12 heavy (non-hydrogen) atoms. The Morgan fingerprint density at radius 1 is 1.58 bits per heavy atom. The van der Waals surface area contributed by atoms with Gasteiger partial charge in [0.05, 0.1) is 6.54 Å². The fraction of sp³-hybridized carbons (Fsp3) is 0.778. The van der Waals surface area contributed by atoms with Crippen LogP contribution in [-0.4, -0.2) is 30.0 Å². The minimum Gasteiger partial charge on any atom is -0.290 e. The van der Waals surface area contributed by atoms with Gasteiger partial charge in [-0.2, -0.15) is 0 Å². The molecule has 1 nitrogen and oxygen atoms in total. The van der Waals surface area contributed by atoms with Crippen molar-refractivity contribution < 1.29 is 8.78 Å². The van der Waals surface area contributed by atoms with E-state index in [1.807, 2.05) is 17.9 Å². The Kier molecular flexibility index (Phi) is 1.72. The molecule has 1 fully saturated rings. The van der Waals surface area contributed by atoms with Gasteiger partial charge >= 0.3 is 0 Å². The zero-order valence-electron chi connectivity index (χ0n) is 7.19. The smallest absolute Gasteiger partial charge is 0.262 e. The van der Waals surface area contributed by atoms with Crippen LogP contribution >= 0.6 is 0 Å². The van der Waals surface area contributed by atoms with Crippen molar-refractivity contribution in [3.63, 3.8) is 0 Å². The van der Waals surface area contributed by atoms with E-state index in [1.165, 1.54) is 5.57 Å². The Hall–Kier alpha value is -0.440. The molecule has 68 valence electrons. The lowest BCUT2D eigenvalue weighted by atomic mass is 10.0. The summed E-state index contributed by atoms with van der Waals surface area (Å²) < 4.78 is 25.8. The first-order valence-corrected chi connectivity index (χ1v) is 4.36. The van der Waals surface area contributed by atoms with Crippen LogP contribution in [0, 0.1) is 0 Å². The number of hydrogen-bond donors (Lipinski definition) is 0. The zero-order chi connectivity index (χ0) is 8.77. The van der Waals surface area contributed by atoms with Crippen molar-refractivity contribution in [3.8, 4) is 0 Å². The lowest BCUT2D eigenvalue weighted by Crippen LogP contribution is -2.33. The van der Waals surface area contributed by atoms with Gasteiger partial charge in [0.25, 0.3) is 5.92 Å². The predicted molar refractivity (Wildman–Crippen MR) is 43.3 cm³/mol. The van der Waals surface area contributed by atoms with E-state index in [-0.39, 0.29) is 19.0 Å². The summed E-state index contributed by atoms with van der Waals surface area (Å²) in [7, 11) is 0. The van der Waals surface area contributed by atoms with Crippen LogP contribution in [0.15, 0.2) is 11.6 Å². The Labute approximate surface area is 71.0 Å². The Balaban J connectivity index is 2.15. The van der Waals surface area contributed by atoms with Crippen LogP contribution in [0.1, 0.15) is 19.8 Å². The number of alkyl halides is 2. The molecule has 0 spiro atoms. The molecule has 0 radical (unpaired) electrons. The van der Waals surface area contributed by atoms with Gasteiger partial charge in [0.2, 0.25) is 0 Å². The minimum absolute atomic E-state index is 0.00810. The SMILES string of the molecule is CC1=CC2CC(F)(F)CN2CC1. The van der Waals surface area contributed by atoms with E-state index >= 15 is 0 Å². The third-order valence-electron chi connectivity index (χ3n) is 2.68. The first-order valence-electron chi connectivity index (χ1n) is 4.36. The normalized spacial score (nSPS) is 34.6. The zero-order valence-corrected chi connectivity index (χ0v) is 7.19. The fourth-order valence-electron chi connectivity index (χ4n) is 2.05. The van der Waals surface area contributed by atoms with Crippen LogP contribution in [0.3, 0.4) is 0 Å². The van der Waals surface area contributed by atoms with Crippen LogP contribution in [0.5, 0.6) is 0 Å². The van der Waals surface area contributed by atoms with E-state index in [1.54, 1.807) is 0 Å². The largest absolute Gasteiger partial charge is 0.290 e. The lowest BCUT2D eigenvalue weighted by molar-refractivity contribution is 0.0123. The van der Waals surface area contributed by atoms with Crippen LogP contribution in [0.4, 0.5) is 8.78 Å². The molecule has 1 unspecified atom stereocenters. The van der Waals surface area contributed by atoms with Gasteiger partial charge in [-0.15, -0.1) is 0 Å². The van der Waals surface area contributed by atoms with Crippen LogP contribution in [0.2, 0.25) is 0 Å². The molecule has 0 N–H and O–H groups in total. The number of fused-ring (bicyclic) bond motifs is 1. The average Bonchev–Trinajstić information content (AvgIpc) is 2.21. The quantitative estimate of drug-likeness (QED) is 0.507. The molecule has 3 heteroatoms. The monoisotopic (exact) mass is 173 g/mol. The molecule has 2 aliphatic heterocycles. The molecule has 2 rings (SSSR count). The Morgan fingerprint density at radius 2 is 2.33 bits per heavy atom. The fourth-order valence-corrected chi connectivity index (χ4v) is 2.05. The number of rotatable bonds is 0. The summed E-state index contributed by atoms with van der Waals surface area (Å²) in [6.45, 7) is 2.79. The summed E-state index contributed by atoms with van der Waals surface area (Å²) in [5.41, 5.74) is 1.26. The van der Waals surface area contributed by atoms with Gasteiger partial charge < -0.3 is 0 Å². The standard InChI is InChI=1S/C9H13F2N/c1-7-2-3-12-6-9(10,11)5-8(12)4-7/h4,8H,2-3,5-6H2,1H3. The summed E-state index contributed by atoms with van der Waals surface area (Å²) >= 11 is 0. The van der Waals surface area contributed by atoms with Crippen LogP contribution < -0.4 is 0 Å². The van der Waals surface area contributed by atoms with Crippen molar-refractivity contribution in [3.05, 3.63) is 11.6 Å². The molecular weight excluding hydrogens is 160 g/mol. The van der Waals surface area contributed by atoms with Gasteiger partial charge in [0.1, 0.15) is 0 Å². The van der Waals surface area contributed by atoms with Crippen molar-refractivity contribution in [1.29, 1.82) is 0 Å². The second kappa shape index (κ2) is 2.52. The Morgan fingerprint density at radius 3 is 3.08 bits per heavy atom. The van der Waals surface area contributed by atoms with Crippen LogP contribution in [0.25, 0.3) is 0 Å². The molecule has 2 heterocycles. The highest BCUT2D eigenvalue weighted by molar-refractivity contribution is 5.13. The highest BCUT2D eigenvalue weighted by atomic mass is 19.3. The van der Waals surface area contributed by atoms with Gasteiger partial charge in [-0.1, -0.05) is 11.6 Å². The van der Waals surface area contributed by atoms with E-state index in [4.69, 9.17) is 0 Å². The molecule has 0 aromatic carbocycles. The second-order valence-corrected chi connectivity index (χ2v) is 3.86. The summed E-state index contributed by atoms with van der Waals surface area (Å²) in [5, 5.41) is 0. The molecule has 0 bridgehead atoms. The van der Waals surface area contributed by atoms with Gasteiger partial charge in [-0.3, -0.25) is 4.90 Å². The maximum atomic E-state index is 12.9. The van der Waals surface area contributed by atoms with E-state index in [0.717, 1.165) is 13.0 Å². The first-order chi connectivity index (χ1) is 5.57. The maximum Gasteiger partial charge on any atom is 0.262 e. The third kappa shape index (κ3) is 1.38. The molecule has 0 aromatic heterocycles. The van der Waals surface area contributed by atoms with Crippen molar-refractivity contribution in [2.45, 2.75) is 31.7 Å². The number of nitrogens with zero attached hydrogens (tertiary/aromatic N) is 1. The molecule has 0 aromatic rings. The van der Waals surface area contributed by atoms with E-state index in [2.05, 4.69) is 0 Å². The molecule has 0 amide bonds. The predicted octanol–water partition coefficient (Wildman–Crippen LogP) is 2.05. The van der Waals surface area contributed by atoms with Gasteiger partial charge in [0.15, 0.2) is 0 Å². The third-order valence-corrected chi connectivity index (χ3v) is 2.68. The van der Waals surface area contributed by atoms with E-state index in [9.17, 15) is 8.78 Å². The topological polar surface area (TPSA) is 3.24 Å². The molecule has 0 aliphatic carbocycles. The molecule has 1 atom stereocenters. The van der Waals surface area contributed by atoms with Gasteiger partial charge in [0, 0.05) is 19.0 Å². The molecule has 2 aliphatic rings. The summed E-state index contributed by atoms with van der Waals surface area (Å²) in [4.78, 5) is 1.88. The average molecular weight is 173 g/mol. The number of hydrogen-bond acceptors (Lipinski definition) is 1. The highest BCUT2D eigenvalue weighted by Gasteiger charge is 2.44. The second-order valence-electron chi connectivity index (χ2n) is 3.86. The van der Waals surface area contributed by atoms with Crippen LogP contribution in [-0.2, 0) is 0 Å². The van der Waals surface area contributed by atoms with Gasteiger partial charge in [-0.05, 0) is 13.3 Å². The van der Waals surface area contributed by atoms with E-state index < -0.39 is 5.92 Å². The van der Waals surface area contributed by atoms with Crippen molar-refractivity contribution in [2.24, 2.45) is 0 Å². The maximum absolute atomic E-state index is 12.9. The minimum atomic E-state index is -2.45. The molecular formula is C9H13F2N. The summed E-state index contributed by atoms with van der Waals surface area (Å²) in [6.07, 6.45) is 2.96. The summed E-state index contributed by atoms with van der Waals surface area (Å²) in [5.74, 6) is -2.45. The number of halogens is 2. The lowest BCUT2D eigenvalue weighted by Gasteiger charge is -2.26. The van der Waals surface area contributed by atoms with Gasteiger partial charge in [-0.25, -0.2) is 8.78 Å². The summed E-state index contributed by atoms with van der Waals surface area (Å²) in [6, 6.07) is 0.00810. The van der Waals surface area contributed by atoms with Crippen molar-refractivity contribution >= 4 is 0 Å². The molecule has 1 saturated heterocycles. The first kappa shape index (κ1) is 8.17. The van der Waals surface area contributed by atoms with E-state index in [0.29, 0.717) is 0 Å². The highest BCUT2D eigenvalue weighted by Crippen LogP contribution is 2.35. The Bertz CT molecular complexity index is 223. The molecule has 0 saturated carbocycles.